The van der Waals surface area contributed by atoms with Gasteiger partial charge in [-0.3, -0.25) is 0 Å². The summed E-state index contributed by atoms with van der Waals surface area (Å²) in [6.07, 6.45) is 2.88. The summed E-state index contributed by atoms with van der Waals surface area (Å²) in [5.41, 5.74) is 0.217. The van der Waals surface area contributed by atoms with Gasteiger partial charge >= 0.3 is 0 Å². The average molecular weight is 213 g/mol. The lowest BCUT2D eigenvalue weighted by Gasteiger charge is -2.60. The zero-order valence-corrected chi connectivity index (χ0v) is 9.99. The van der Waals surface area contributed by atoms with Crippen LogP contribution < -0.4 is 5.32 Å². The van der Waals surface area contributed by atoms with E-state index < -0.39 is 0 Å². The fourth-order valence-electron chi connectivity index (χ4n) is 3.22. The van der Waals surface area contributed by atoms with Gasteiger partial charge in [0.25, 0.3) is 0 Å². The zero-order valence-electron chi connectivity index (χ0n) is 9.99. The summed E-state index contributed by atoms with van der Waals surface area (Å²) in [5.74, 6) is 0.655. The molecule has 0 aromatic carbocycles. The first-order valence-electron chi connectivity index (χ1n) is 6.06. The molecule has 0 aromatic heterocycles. The van der Waals surface area contributed by atoms with E-state index in [1.807, 2.05) is 6.92 Å². The summed E-state index contributed by atoms with van der Waals surface area (Å²) >= 11 is 0. The van der Waals surface area contributed by atoms with E-state index in [1.165, 1.54) is 12.8 Å². The van der Waals surface area contributed by atoms with Crippen molar-refractivity contribution in [3.63, 3.8) is 0 Å². The number of aliphatic hydroxyl groups excluding tert-OH is 1. The Kier molecular flexibility index (Phi) is 3.06. The summed E-state index contributed by atoms with van der Waals surface area (Å²) in [5, 5.41) is 12.6. The summed E-state index contributed by atoms with van der Waals surface area (Å²) in [6.45, 7) is 7.70. The smallest absolute Gasteiger partial charge is 0.0684 e. The molecule has 0 bridgehead atoms. The lowest BCUT2D eigenvalue weighted by Crippen LogP contribution is -2.70. The van der Waals surface area contributed by atoms with Gasteiger partial charge < -0.3 is 15.2 Å². The van der Waals surface area contributed by atoms with E-state index in [-0.39, 0.29) is 18.1 Å². The lowest BCUT2D eigenvalue weighted by molar-refractivity contribution is -0.194. The summed E-state index contributed by atoms with van der Waals surface area (Å²) < 4.78 is 5.84. The van der Waals surface area contributed by atoms with Crippen LogP contribution in [0, 0.1) is 11.3 Å². The molecule has 2 aliphatic rings. The second-order valence-corrected chi connectivity index (χ2v) is 5.65. The van der Waals surface area contributed by atoms with Crippen molar-refractivity contribution >= 4 is 0 Å². The van der Waals surface area contributed by atoms with Crippen molar-refractivity contribution in [3.05, 3.63) is 0 Å². The Morgan fingerprint density at radius 2 is 2.27 bits per heavy atom. The molecule has 0 radical (unpaired) electrons. The highest BCUT2D eigenvalue weighted by Crippen LogP contribution is 2.51. The third-order valence-electron chi connectivity index (χ3n) is 4.07. The maximum absolute atomic E-state index is 9.08. The molecule has 3 unspecified atom stereocenters. The quantitative estimate of drug-likeness (QED) is 0.739. The number of hydrogen-bond acceptors (Lipinski definition) is 3. The van der Waals surface area contributed by atoms with Gasteiger partial charge in [-0.25, -0.2) is 0 Å². The van der Waals surface area contributed by atoms with Crippen molar-refractivity contribution in [1.29, 1.82) is 0 Å². The molecule has 0 aromatic rings. The molecule has 88 valence electrons. The minimum absolute atomic E-state index is 0.192. The molecule has 2 fully saturated rings. The second kappa shape index (κ2) is 4.04. The molecular weight excluding hydrogens is 190 g/mol. The maximum Gasteiger partial charge on any atom is 0.0684 e. The highest BCUT2D eigenvalue weighted by atomic mass is 16.5. The van der Waals surface area contributed by atoms with Crippen LogP contribution in [0.15, 0.2) is 0 Å². The van der Waals surface area contributed by atoms with Gasteiger partial charge in [0.15, 0.2) is 0 Å². The van der Waals surface area contributed by atoms with E-state index in [0.717, 1.165) is 6.61 Å². The van der Waals surface area contributed by atoms with Crippen LogP contribution in [-0.4, -0.2) is 36.5 Å². The number of hydrogen-bond donors (Lipinski definition) is 2. The molecular formula is C12H23NO2. The predicted octanol–water partition coefficient (Wildman–Crippen LogP) is 1.16. The van der Waals surface area contributed by atoms with Crippen molar-refractivity contribution in [3.8, 4) is 0 Å². The van der Waals surface area contributed by atoms with E-state index in [2.05, 4.69) is 19.2 Å². The van der Waals surface area contributed by atoms with Gasteiger partial charge in [0, 0.05) is 30.0 Å². The summed E-state index contributed by atoms with van der Waals surface area (Å²) in [6, 6.07) is 0.696. The van der Waals surface area contributed by atoms with Crippen molar-refractivity contribution in [2.45, 2.75) is 51.8 Å². The standard InChI is InChI=1S/C12H23NO2/c1-8(7-14)13-10-9-5-4-6-15-11(9)12(10,2)3/h8-11,13-14H,4-7H2,1-3H3/t8-,9?,10?,11?/m0/s1. The first-order chi connectivity index (χ1) is 7.07. The Morgan fingerprint density at radius 1 is 1.53 bits per heavy atom. The first-order valence-corrected chi connectivity index (χ1v) is 6.06. The van der Waals surface area contributed by atoms with Crippen LogP contribution in [-0.2, 0) is 4.74 Å². The third-order valence-corrected chi connectivity index (χ3v) is 4.07. The van der Waals surface area contributed by atoms with Crippen molar-refractivity contribution in [1.82, 2.24) is 5.32 Å². The fraction of sp³-hybridized carbons (Fsp3) is 1.00. The van der Waals surface area contributed by atoms with Gasteiger partial charge in [-0.15, -0.1) is 0 Å². The molecule has 1 heterocycles. The molecule has 1 saturated heterocycles. The highest BCUT2D eigenvalue weighted by molar-refractivity contribution is 5.10. The van der Waals surface area contributed by atoms with E-state index >= 15 is 0 Å². The minimum atomic E-state index is 0.192. The fourth-order valence-corrected chi connectivity index (χ4v) is 3.22. The SMILES string of the molecule is C[C@@H](CO)NC1C2CCCOC2C1(C)C. The Labute approximate surface area is 92.2 Å². The van der Waals surface area contributed by atoms with Crippen LogP contribution in [0.3, 0.4) is 0 Å². The van der Waals surface area contributed by atoms with Gasteiger partial charge in [0.2, 0.25) is 0 Å². The second-order valence-electron chi connectivity index (χ2n) is 5.65. The number of ether oxygens (including phenoxy) is 1. The molecule has 1 aliphatic carbocycles. The van der Waals surface area contributed by atoms with Gasteiger partial charge in [0.05, 0.1) is 12.7 Å². The molecule has 3 heteroatoms. The summed E-state index contributed by atoms with van der Waals surface area (Å²) in [7, 11) is 0. The molecule has 0 amide bonds. The van der Waals surface area contributed by atoms with Crippen molar-refractivity contribution in [2.75, 3.05) is 13.2 Å². The van der Waals surface area contributed by atoms with E-state index in [0.29, 0.717) is 18.1 Å². The molecule has 1 saturated carbocycles. The molecule has 15 heavy (non-hydrogen) atoms. The van der Waals surface area contributed by atoms with Gasteiger partial charge in [-0.2, -0.15) is 0 Å². The Bertz CT molecular complexity index is 230. The normalized spacial score (nSPS) is 40.4. The van der Waals surface area contributed by atoms with Crippen molar-refractivity contribution < 1.29 is 9.84 Å². The van der Waals surface area contributed by atoms with Crippen LogP contribution in [0.5, 0.6) is 0 Å². The molecule has 3 nitrogen and oxygen atoms in total. The van der Waals surface area contributed by atoms with E-state index in [9.17, 15) is 0 Å². The van der Waals surface area contributed by atoms with Crippen LogP contribution in [0.25, 0.3) is 0 Å². The number of fused-ring (bicyclic) bond motifs is 1. The zero-order chi connectivity index (χ0) is 11.1. The first kappa shape index (κ1) is 11.4. The number of aliphatic hydroxyl groups is 1. The number of rotatable bonds is 3. The topological polar surface area (TPSA) is 41.5 Å². The molecule has 2 N–H and O–H groups in total. The molecule has 2 rings (SSSR count). The van der Waals surface area contributed by atoms with Crippen LogP contribution in [0.1, 0.15) is 33.6 Å². The van der Waals surface area contributed by atoms with Crippen LogP contribution >= 0.6 is 0 Å². The maximum atomic E-state index is 9.08. The number of nitrogens with one attached hydrogen (secondary N) is 1. The largest absolute Gasteiger partial charge is 0.395 e. The average Bonchev–Trinajstić information content (AvgIpc) is 2.25. The van der Waals surface area contributed by atoms with E-state index in [1.54, 1.807) is 0 Å². The predicted molar refractivity (Wildman–Crippen MR) is 59.7 cm³/mol. The molecule has 4 atom stereocenters. The monoisotopic (exact) mass is 213 g/mol. The summed E-state index contributed by atoms with van der Waals surface area (Å²) in [4.78, 5) is 0. The third kappa shape index (κ3) is 1.81. The lowest BCUT2D eigenvalue weighted by atomic mass is 9.55. The highest BCUT2D eigenvalue weighted by Gasteiger charge is 2.57. The minimum Gasteiger partial charge on any atom is -0.395 e. The van der Waals surface area contributed by atoms with Crippen LogP contribution in [0.2, 0.25) is 0 Å². The Hall–Kier alpha value is -0.120. The van der Waals surface area contributed by atoms with E-state index in [4.69, 9.17) is 9.84 Å². The van der Waals surface area contributed by atoms with Gasteiger partial charge in [-0.05, 0) is 19.8 Å². The van der Waals surface area contributed by atoms with Crippen molar-refractivity contribution in [2.24, 2.45) is 11.3 Å². The van der Waals surface area contributed by atoms with Gasteiger partial charge in [-0.1, -0.05) is 13.8 Å². The molecule has 1 aliphatic heterocycles. The Balaban J connectivity index is 1.99. The Morgan fingerprint density at radius 3 is 2.93 bits per heavy atom. The van der Waals surface area contributed by atoms with Crippen LogP contribution in [0.4, 0.5) is 0 Å². The van der Waals surface area contributed by atoms with Gasteiger partial charge in [0.1, 0.15) is 0 Å². The molecule has 0 spiro atoms.